The van der Waals surface area contributed by atoms with E-state index in [9.17, 15) is 9.59 Å². The molecule has 0 aromatic carbocycles. The molecule has 0 aliphatic heterocycles. The molecule has 3 N–H and O–H groups in total. The molecule has 112 valence electrons. The number of amides is 2. The van der Waals surface area contributed by atoms with Gasteiger partial charge in [-0.05, 0) is 18.8 Å². The first-order valence-electron chi connectivity index (χ1n) is 7.06. The number of nitrogens with zero attached hydrogens (tertiary/aromatic N) is 1. The largest absolute Gasteiger partial charge is 0.347 e. The van der Waals surface area contributed by atoms with Crippen LogP contribution in [0.2, 0.25) is 0 Å². The highest BCUT2D eigenvalue weighted by atomic mass is 16.2. The molecule has 0 fully saturated rings. The number of rotatable bonds is 8. The Morgan fingerprint density at radius 1 is 1.26 bits per heavy atom. The summed E-state index contributed by atoms with van der Waals surface area (Å²) in [6.45, 7) is 6.11. The molecule has 0 spiro atoms. The molecule has 0 aromatic heterocycles. The minimum atomic E-state index is -0.524. The Kier molecular flexibility index (Phi) is 8.39. The molecule has 5 heteroatoms. The topological polar surface area (TPSA) is 75.4 Å². The minimum Gasteiger partial charge on any atom is -0.347 e. The van der Waals surface area contributed by atoms with Crippen molar-refractivity contribution in [3.8, 4) is 0 Å². The summed E-state index contributed by atoms with van der Waals surface area (Å²) in [6.07, 6.45) is 3.22. The number of likely N-dealkylation sites (N-methyl/N-ethyl adjacent to an activating group) is 1. The van der Waals surface area contributed by atoms with Crippen molar-refractivity contribution in [1.29, 1.82) is 0 Å². The van der Waals surface area contributed by atoms with Crippen molar-refractivity contribution in [3.05, 3.63) is 0 Å². The summed E-state index contributed by atoms with van der Waals surface area (Å²) in [6, 6.07) is -1.00. The fourth-order valence-corrected chi connectivity index (χ4v) is 1.84. The molecule has 0 saturated carbocycles. The zero-order valence-corrected chi connectivity index (χ0v) is 12.9. The fraction of sp³-hybridized carbons (Fsp3) is 0.857. The van der Waals surface area contributed by atoms with Crippen LogP contribution in [0.5, 0.6) is 0 Å². The van der Waals surface area contributed by atoms with Crippen molar-refractivity contribution in [3.63, 3.8) is 0 Å². The maximum atomic E-state index is 12.0. The van der Waals surface area contributed by atoms with Gasteiger partial charge in [-0.15, -0.1) is 0 Å². The summed E-state index contributed by atoms with van der Waals surface area (Å²) < 4.78 is 0. The number of carbonyl (C=O) groups is 2. The van der Waals surface area contributed by atoms with E-state index in [4.69, 9.17) is 5.73 Å². The molecule has 0 saturated heterocycles. The van der Waals surface area contributed by atoms with Gasteiger partial charge in [-0.3, -0.25) is 9.59 Å². The molecule has 0 radical (unpaired) electrons. The summed E-state index contributed by atoms with van der Waals surface area (Å²) in [4.78, 5) is 25.5. The van der Waals surface area contributed by atoms with Crippen LogP contribution in [0.15, 0.2) is 0 Å². The predicted octanol–water partition coefficient (Wildman–Crippen LogP) is 1.12. The van der Waals surface area contributed by atoms with Gasteiger partial charge in [0.1, 0.15) is 6.04 Å². The van der Waals surface area contributed by atoms with Gasteiger partial charge in [0.2, 0.25) is 11.8 Å². The molecular formula is C14H29N3O2. The van der Waals surface area contributed by atoms with E-state index in [1.807, 2.05) is 13.8 Å². The highest BCUT2D eigenvalue weighted by molar-refractivity contribution is 5.89. The molecule has 0 bridgehead atoms. The maximum absolute atomic E-state index is 12.0. The number of nitrogens with two attached hydrogens (primary N) is 1. The van der Waals surface area contributed by atoms with Crippen LogP contribution in [-0.4, -0.2) is 42.9 Å². The highest BCUT2D eigenvalue weighted by Gasteiger charge is 2.25. The van der Waals surface area contributed by atoms with Crippen LogP contribution < -0.4 is 11.1 Å². The van der Waals surface area contributed by atoms with Crippen LogP contribution >= 0.6 is 0 Å². The van der Waals surface area contributed by atoms with E-state index in [2.05, 4.69) is 12.2 Å². The Morgan fingerprint density at radius 2 is 1.84 bits per heavy atom. The zero-order valence-electron chi connectivity index (χ0n) is 12.9. The summed E-state index contributed by atoms with van der Waals surface area (Å²) in [5, 5.41) is 2.78. The summed E-state index contributed by atoms with van der Waals surface area (Å²) in [5.41, 5.74) is 5.82. The lowest BCUT2D eigenvalue weighted by atomic mass is 10.0. The molecule has 0 rings (SSSR count). The smallest absolute Gasteiger partial charge is 0.244 e. The molecule has 0 heterocycles. The van der Waals surface area contributed by atoms with Crippen LogP contribution in [0.1, 0.15) is 46.5 Å². The third-order valence-corrected chi connectivity index (χ3v) is 2.97. The maximum Gasteiger partial charge on any atom is 0.244 e. The Morgan fingerprint density at radius 3 is 2.26 bits per heavy atom. The van der Waals surface area contributed by atoms with Crippen molar-refractivity contribution in [2.24, 2.45) is 11.7 Å². The molecule has 0 aromatic rings. The lowest BCUT2D eigenvalue weighted by Gasteiger charge is -2.24. The van der Waals surface area contributed by atoms with Crippen molar-refractivity contribution in [2.75, 3.05) is 14.1 Å². The molecule has 0 aliphatic rings. The van der Waals surface area contributed by atoms with E-state index >= 15 is 0 Å². The van der Waals surface area contributed by atoms with Gasteiger partial charge in [-0.2, -0.15) is 0 Å². The van der Waals surface area contributed by atoms with E-state index in [0.717, 1.165) is 12.8 Å². The number of carbonyl (C=O) groups excluding carboxylic acids is 2. The average molecular weight is 271 g/mol. The van der Waals surface area contributed by atoms with Gasteiger partial charge >= 0.3 is 0 Å². The lowest BCUT2D eigenvalue weighted by Crippen LogP contribution is -2.51. The molecule has 2 atom stereocenters. The van der Waals surface area contributed by atoms with Gasteiger partial charge in [0.25, 0.3) is 0 Å². The third-order valence-electron chi connectivity index (χ3n) is 2.97. The Hall–Kier alpha value is -1.10. The zero-order chi connectivity index (χ0) is 15.0. The van der Waals surface area contributed by atoms with Crippen LogP contribution in [0.3, 0.4) is 0 Å². The summed E-state index contributed by atoms with van der Waals surface area (Å²) in [5.74, 6) is 0.0279. The number of hydrogen-bond donors (Lipinski definition) is 2. The average Bonchev–Trinajstić information content (AvgIpc) is 2.33. The van der Waals surface area contributed by atoms with Gasteiger partial charge in [0, 0.05) is 14.1 Å². The number of unbranched alkanes of at least 4 members (excludes halogenated alkanes) is 1. The van der Waals surface area contributed by atoms with Crippen LogP contribution in [-0.2, 0) is 9.59 Å². The second kappa shape index (κ2) is 8.91. The van der Waals surface area contributed by atoms with Gasteiger partial charge in [-0.1, -0.05) is 33.6 Å². The van der Waals surface area contributed by atoms with E-state index in [-0.39, 0.29) is 11.8 Å². The van der Waals surface area contributed by atoms with E-state index in [1.54, 1.807) is 14.1 Å². The second-order valence-electron chi connectivity index (χ2n) is 5.67. The van der Waals surface area contributed by atoms with Crippen molar-refractivity contribution in [1.82, 2.24) is 10.2 Å². The minimum absolute atomic E-state index is 0.0789. The van der Waals surface area contributed by atoms with E-state index in [0.29, 0.717) is 18.8 Å². The summed E-state index contributed by atoms with van der Waals surface area (Å²) in [7, 11) is 3.39. The van der Waals surface area contributed by atoms with E-state index < -0.39 is 12.1 Å². The third kappa shape index (κ3) is 7.15. The molecule has 2 unspecified atom stereocenters. The van der Waals surface area contributed by atoms with Crippen molar-refractivity contribution in [2.45, 2.75) is 58.5 Å². The van der Waals surface area contributed by atoms with Gasteiger partial charge < -0.3 is 16.0 Å². The van der Waals surface area contributed by atoms with Gasteiger partial charge in [-0.25, -0.2) is 0 Å². The summed E-state index contributed by atoms with van der Waals surface area (Å²) >= 11 is 0. The van der Waals surface area contributed by atoms with Gasteiger partial charge in [0.05, 0.1) is 6.04 Å². The Balaban J connectivity index is 4.54. The first-order chi connectivity index (χ1) is 8.79. The van der Waals surface area contributed by atoms with Crippen molar-refractivity contribution >= 4 is 11.8 Å². The van der Waals surface area contributed by atoms with Gasteiger partial charge in [0.15, 0.2) is 0 Å². The normalized spacial score (nSPS) is 14.1. The standard InChI is InChI=1S/C14H29N3O2/c1-6-7-8-11(15)13(18)16-12(9-10(2)3)14(19)17(4)5/h10-12H,6-9,15H2,1-5H3,(H,16,18). The quantitative estimate of drug-likeness (QED) is 0.694. The fourth-order valence-electron chi connectivity index (χ4n) is 1.84. The SMILES string of the molecule is CCCCC(N)C(=O)NC(CC(C)C)C(=O)N(C)C. The molecular weight excluding hydrogens is 242 g/mol. The number of hydrogen-bond acceptors (Lipinski definition) is 3. The predicted molar refractivity (Wildman–Crippen MR) is 77.6 cm³/mol. The Labute approximate surface area is 116 Å². The Bertz CT molecular complexity index is 290. The molecule has 2 amide bonds. The second-order valence-corrected chi connectivity index (χ2v) is 5.67. The van der Waals surface area contributed by atoms with Crippen LogP contribution in [0.25, 0.3) is 0 Å². The lowest BCUT2D eigenvalue weighted by molar-refractivity contribution is -0.135. The van der Waals surface area contributed by atoms with Crippen LogP contribution in [0.4, 0.5) is 0 Å². The number of nitrogens with one attached hydrogen (secondary N) is 1. The highest BCUT2D eigenvalue weighted by Crippen LogP contribution is 2.08. The van der Waals surface area contributed by atoms with Crippen LogP contribution in [0, 0.1) is 5.92 Å². The van der Waals surface area contributed by atoms with Crippen molar-refractivity contribution < 1.29 is 9.59 Å². The molecule has 0 aliphatic carbocycles. The first-order valence-corrected chi connectivity index (χ1v) is 7.06. The monoisotopic (exact) mass is 271 g/mol. The molecule has 19 heavy (non-hydrogen) atoms. The molecule has 5 nitrogen and oxygen atoms in total. The first kappa shape index (κ1) is 17.9. The van der Waals surface area contributed by atoms with E-state index in [1.165, 1.54) is 4.90 Å².